The molecule has 7 nitrogen and oxygen atoms in total. The Balaban J connectivity index is 2.26. The van der Waals surface area contributed by atoms with Crippen LogP contribution in [0, 0.1) is 0 Å². The first kappa shape index (κ1) is 15.4. The van der Waals surface area contributed by atoms with Crippen molar-refractivity contribution in [2.24, 2.45) is 0 Å². The summed E-state index contributed by atoms with van der Waals surface area (Å²) in [6.07, 6.45) is 0.661. The highest BCUT2D eigenvalue weighted by molar-refractivity contribution is 7.89. The van der Waals surface area contributed by atoms with Gasteiger partial charge < -0.3 is 15.4 Å². The average molecular weight is 279 g/mol. The minimum Gasteiger partial charge on any atom is -0.380 e. The third-order valence-electron chi connectivity index (χ3n) is 2.77. The molecule has 0 bridgehead atoms. The zero-order chi connectivity index (χ0) is 13.6. The topological polar surface area (TPSA) is 96.5 Å². The van der Waals surface area contributed by atoms with Crippen molar-refractivity contribution in [3.05, 3.63) is 0 Å². The minimum absolute atomic E-state index is 0.0474. The molecular weight excluding hydrogens is 258 g/mol. The van der Waals surface area contributed by atoms with Crippen molar-refractivity contribution >= 4 is 15.9 Å². The first-order valence-electron chi connectivity index (χ1n) is 5.99. The predicted molar refractivity (Wildman–Crippen MR) is 67.7 cm³/mol. The third-order valence-corrected chi connectivity index (χ3v) is 4.24. The van der Waals surface area contributed by atoms with Crippen molar-refractivity contribution in [2.75, 3.05) is 32.5 Å². The van der Waals surface area contributed by atoms with Crippen LogP contribution in [-0.2, 0) is 19.6 Å². The Labute approximate surface area is 108 Å². The normalized spacial score (nSPS) is 24.1. The summed E-state index contributed by atoms with van der Waals surface area (Å²) in [4.78, 5) is 11.7. The van der Waals surface area contributed by atoms with Crippen LogP contribution in [-0.4, -0.2) is 59.0 Å². The lowest BCUT2D eigenvalue weighted by Crippen LogP contribution is -2.43. The number of hydrogen-bond donors (Lipinski definition) is 3. The summed E-state index contributed by atoms with van der Waals surface area (Å²) in [6.45, 7) is 2.83. The summed E-state index contributed by atoms with van der Waals surface area (Å²) in [7, 11) is -1.67. The zero-order valence-electron chi connectivity index (χ0n) is 10.7. The van der Waals surface area contributed by atoms with Gasteiger partial charge in [-0.15, -0.1) is 0 Å². The number of rotatable bonds is 7. The second-order valence-electron chi connectivity index (χ2n) is 4.16. The van der Waals surface area contributed by atoms with Crippen molar-refractivity contribution < 1.29 is 17.9 Å². The van der Waals surface area contributed by atoms with E-state index < -0.39 is 10.0 Å². The van der Waals surface area contributed by atoms with Gasteiger partial charge in [0.1, 0.15) is 0 Å². The molecule has 8 heteroatoms. The highest BCUT2D eigenvalue weighted by atomic mass is 32.2. The monoisotopic (exact) mass is 279 g/mol. The minimum atomic E-state index is -3.28. The SMILES string of the molecule is CCNS(=O)(=O)CCNC(=O)C1CC(OC)CN1. The maximum absolute atomic E-state index is 11.7. The summed E-state index contributed by atoms with van der Waals surface area (Å²) in [5.41, 5.74) is 0. The van der Waals surface area contributed by atoms with Crippen molar-refractivity contribution in [2.45, 2.75) is 25.5 Å². The van der Waals surface area contributed by atoms with Crippen molar-refractivity contribution in [1.29, 1.82) is 0 Å². The first-order chi connectivity index (χ1) is 8.48. The van der Waals surface area contributed by atoms with E-state index in [0.717, 1.165) is 0 Å². The smallest absolute Gasteiger partial charge is 0.237 e. The summed E-state index contributed by atoms with van der Waals surface area (Å²) in [5, 5.41) is 5.64. The number of amides is 1. The molecular formula is C10H21N3O4S. The van der Waals surface area contributed by atoms with E-state index in [1.54, 1.807) is 14.0 Å². The first-order valence-corrected chi connectivity index (χ1v) is 7.65. The van der Waals surface area contributed by atoms with E-state index in [2.05, 4.69) is 15.4 Å². The lowest BCUT2D eigenvalue weighted by Gasteiger charge is -2.11. The van der Waals surface area contributed by atoms with Crippen molar-refractivity contribution in [3.8, 4) is 0 Å². The van der Waals surface area contributed by atoms with Gasteiger partial charge in [0, 0.05) is 26.7 Å². The molecule has 1 amide bonds. The molecule has 0 aliphatic carbocycles. The Morgan fingerprint density at radius 3 is 2.78 bits per heavy atom. The van der Waals surface area contributed by atoms with E-state index in [-0.39, 0.29) is 30.4 Å². The maximum atomic E-state index is 11.7. The summed E-state index contributed by atoms with van der Waals surface area (Å²) in [6, 6.07) is -0.295. The molecule has 0 radical (unpaired) electrons. The van der Waals surface area contributed by atoms with Crippen LogP contribution >= 0.6 is 0 Å². The van der Waals surface area contributed by atoms with Gasteiger partial charge >= 0.3 is 0 Å². The van der Waals surface area contributed by atoms with Gasteiger partial charge in [-0.2, -0.15) is 0 Å². The van der Waals surface area contributed by atoms with Crippen molar-refractivity contribution in [3.63, 3.8) is 0 Å². The quantitative estimate of drug-likeness (QED) is 0.522. The Hall–Kier alpha value is -0.700. The molecule has 3 N–H and O–H groups in total. The number of methoxy groups -OCH3 is 1. The van der Waals surface area contributed by atoms with Gasteiger partial charge in [0.05, 0.1) is 17.9 Å². The highest BCUT2D eigenvalue weighted by Gasteiger charge is 2.29. The molecule has 2 unspecified atom stereocenters. The largest absolute Gasteiger partial charge is 0.380 e. The predicted octanol–water partition coefficient (Wildman–Crippen LogP) is -1.58. The van der Waals surface area contributed by atoms with Gasteiger partial charge in [0.2, 0.25) is 15.9 Å². The standard InChI is InChI=1S/C10H21N3O4S/c1-3-13-18(15,16)5-4-11-10(14)9-6-8(17-2)7-12-9/h8-9,12-13H,3-7H2,1-2H3,(H,11,14). The summed E-state index contributed by atoms with van der Waals surface area (Å²) >= 11 is 0. The van der Waals surface area contributed by atoms with Gasteiger partial charge in [0.25, 0.3) is 0 Å². The van der Waals surface area contributed by atoms with Crippen LogP contribution in [0.4, 0.5) is 0 Å². The number of hydrogen-bond acceptors (Lipinski definition) is 5. The number of sulfonamides is 1. The molecule has 2 atom stereocenters. The molecule has 18 heavy (non-hydrogen) atoms. The molecule has 0 spiro atoms. The van der Waals surface area contributed by atoms with E-state index in [0.29, 0.717) is 19.5 Å². The molecule has 1 aliphatic heterocycles. The lowest BCUT2D eigenvalue weighted by atomic mass is 10.2. The second-order valence-corrected chi connectivity index (χ2v) is 6.09. The van der Waals surface area contributed by atoms with E-state index in [1.165, 1.54) is 0 Å². The molecule has 1 heterocycles. The molecule has 1 fully saturated rings. The van der Waals surface area contributed by atoms with Gasteiger partial charge in [-0.05, 0) is 6.42 Å². The fourth-order valence-electron chi connectivity index (χ4n) is 1.81. The van der Waals surface area contributed by atoms with Crippen LogP contribution in [0.3, 0.4) is 0 Å². The maximum Gasteiger partial charge on any atom is 0.237 e. The van der Waals surface area contributed by atoms with Crippen molar-refractivity contribution in [1.82, 2.24) is 15.4 Å². The molecule has 106 valence electrons. The van der Waals surface area contributed by atoms with Gasteiger partial charge in [-0.1, -0.05) is 6.92 Å². The molecule has 0 aromatic heterocycles. The van der Waals surface area contributed by atoms with Gasteiger partial charge in [-0.3, -0.25) is 4.79 Å². The Bertz CT molecular complexity index is 371. The van der Waals surface area contributed by atoms with Crippen LogP contribution in [0.25, 0.3) is 0 Å². The van der Waals surface area contributed by atoms with Crippen LogP contribution in [0.1, 0.15) is 13.3 Å². The lowest BCUT2D eigenvalue weighted by molar-refractivity contribution is -0.122. The zero-order valence-corrected chi connectivity index (χ0v) is 11.5. The fourth-order valence-corrected chi connectivity index (χ4v) is 2.76. The highest BCUT2D eigenvalue weighted by Crippen LogP contribution is 2.09. The molecule has 1 rings (SSSR count). The average Bonchev–Trinajstić information content (AvgIpc) is 2.77. The van der Waals surface area contributed by atoms with Crippen LogP contribution in [0.15, 0.2) is 0 Å². The Kier molecular flexibility index (Phi) is 6.00. The number of carbonyl (C=O) groups excluding carboxylic acids is 1. The number of carbonyl (C=O) groups is 1. The number of nitrogens with one attached hydrogen (secondary N) is 3. The second kappa shape index (κ2) is 7.03. The van der Waals surface area contributed by atoms with Gasteiger partial charge in [-0.25, -0.2) is 13.1 Å². The summed E-state index contributed by atoms with van der Waals surface area (Å²) in [5.74, 6) is -0.284. The Morgan fingerprint density at radius 1 is 1.50 bits per heavy atom. The van der Waals surface area contributed by atoms with E-state index in [4.69, 9.17) is 4.74 Å². The molecule has 0 aromatic carbocycles. The van der Waals surface area contributed by atoms with Gasteiger partial charge in [0.15, 0.2) is 0 Å². The summed E-state index contributed by atoms with van der Waals surface area (Å²) < 4.78 is 30.2. The fraction of sp³-hybridized carbons (Fsp3) is 0.900. The molecule has 0 aromatic rings. The Morgan fingerprint density at radius 2 is 2.22 bits per heavy atom. The van der Waals surface area contributed by atoms with Crippen LogP contribution < -0.4 is 15.4 Å². The molecule has 1 saturated heterocycles. The number of ether oxygens (including phenoxy) is 1. The van der Waals surface area contributed by atoms with E-state index in [9.17, 15) is 13.2 Å². The van der Waals surface area contributed by atoms with E-state index in [1.807, 2.05) is 0 Å². The van der Waals surface area contributed by atoms with Crippen LogP contribution in [0.2, 0.25) is 0 Å². The van der Waals surface area contributed by atoms with Crippen LogP contribution in [0.5, 0.6) is 0 Å². The molecule has 1 aliphatic rings. The third kappa shape index (κ3) is 4.89. The van der Waals surface area contributed by atoms with E-state index >= 15 is 0 Å². The molecule has 0 saturated carbocycles.